The maximum absolute atomic E-state index is 13.3. The standard InChI is InChI=1S/C15H17F2N3O/c1-8-3-2-4-9(5-8)14-19-15(21-20-14)10-6-11(16)12(17)7-13(10)18/h6-9H,2-5,18H2,1H3. The molecule has 0 aliphatic heterocycles. The molecule has 21 heavy (non-hydrogen) atoms. The Morgan fingerprint density at radius 3 is 2.76 bits per heavy atom. The van der Waals surface area contributed by atoms with Crippen LogP contribution < -0.4 is 5.73 Å². The highest BCUT2D eigenvalue weighted by Gasteiger charge is 2.25. The normalized spacial score (nSPS) is 22.4. The molecule has 0 saturated heterocycles. The summed E-state index contributed by atoms with van der Waals surface area (Å²) in [4.78, 5) is 4.32. The molecule has 1 heterocycles. The zero-order valence-corrected chi connectivity index (χ0v) is 11.8. The van der Waals surface area contributed by atoms with Crippen LogP contribution in [0.15, 0.2) is 16.7 Å². The van der Waals surface area contributed by atoms with Crippen molar-refractivity contribution >= 4 is 5.69 Å². The van der Waals surface area contributed by atoms with Gasteiger partial charge in [0.15, 0.2) is 17.5 Å². The average Bonchev–Trinajstić information content (AvgIpc) is 2.92. The molecule has 1 saturated carbocycles. The Kier molecular flexibility index (Phi) is 3.61. The highest BCUT2D eigenvalue weighted by Crippen LogP contribution is 2.36. The Hall–Kier alpha value is -1.98. The molecule has 2 unspecified atom stereocenters. The number of hydrogen-bond acceptors (Lipinski definition) is 4. The summed E-state index contributed by atoms with van der Waals surface area (Å²) in [6, 6.07) is 1.92. The molecule has 0 amide bonds. The molecule has 4 nitrogen and oxygen atoms in total. The molecule has 112 valence electrons. The van der Waals surface area contributed by atoms with E-state index in [1.165, 1.54) is 6.42 Å². The van der Waals surface area contributed by atoms with Crippen LogP contribution in [0, 0.1) is 17.6 Å². The van der Waals surface area contributed by atoms with Crippen molar-refractivity contribution < 1.29 is 13.3 Å². The zero-order valence-electron chi connectivity index (χ0n) is 11.8. The lowest BCUT2D eigenvalue weighted by atomic mass is 9.82. The van der Waals surface area contributed by atoms with Crippen LogP contribution in [0.3, 0.4) is 0 Å². The van der Waals surface area contributed by atoms with Gasteiger partial charge in [0, 0.05) is 17.7 Å². The zero-order chi connectivity index (χ0) is 15.0. The minimum absolute atomic E-state index is 0.0844. The SMILES string of the molecule is CC1CCCC(c2noc(-c3cc(F)c(F)cc3N)n2)C1. The van der Waals surface area contributed by atoms with E-state index in [1.807, 2.05) is 0 Å². The Labute approximate surface area is 121 Å². The monoisotopic (exact) mass is 293 g/mol. The molecule has 0 radical (unpaired) electrons. The third kappa shape index (κ3) is 2.75. The van der Waals surface area contributed by atoms with Crippen LogP contribution in [-0.2, 0) is 0 Å². The van der Waals surface area contributed by atoms with Gasteiger partial charge in [-0.3, -0.25) is 0 Å². The van der Waals surface area contributed by atoms with Crippen molar-refractivity contribution in [2.24, 2.45) is 5.92 Å². The second-order valence-electron chi connectivity index (χ2n) is 5.78. The number of hydrogen-bond donors (Lipinski definition) is 1. The van der Waals surface area contributed by atoms with Crippen molar-refractivity contribution in [1.29, 1.82) is 0 Å². The van der Waals surface area contributed by atoms with Crippen molar-refractivity contribution in [2.75, 3.05) is 5.73 Å². The van der Waals surface area contributed by atoms with E-state index in [0.717, 1.165) is 31.4 Å². The van der Waals surface area contributed by atoms with Crippen LogP contribution in [-0.4, -0.2) is 10.1 Å². The number of rotatable bonds is 2. The molecule has 0 spiro atoms. The van der Waals surface area contributed by atoms with Crippen molar-refractivity contribution in [1.82, 2.24) is 10.1 Å². The number of nitrogens with zero attached hydrogens (tertiary/aromatic N) is 2. The van der Waals surface area contributed by atoms with Crippen LogP contribution in [0.5, 0.6) is 0 Å². The summed E-state index contributed by atoms with van der Waals surface area (Å²) in [6.07, 6.45) is 4.41. The van der Waals surface area contributed by atoms with E-state index in [1.54, 1.807) is 0 Å². The lowest BCUT2D eigenvalue weighted by Gasteiger charge is -2.23. The molecule has 2 atom stereocenters. The number of benzene rings is 1. The molecule has 2 N–H and O–H groups in total. The van der Waals surface area contributed by atoms with Gasteiger partial charge in [-0.2, -0.15) is 4.98 Å². The van der Waals surface area contributed by atoms with Crippen molar-refractivity contribution in [2.45, 2.75) is 38.5 Å². The van der Waals surface area contributed by atoms with E-state index < -0.39 is 11.6 Å². The molecule has 1 aliphatic carbocycles. The van der Waals surface area contributed by atoms with Crippen molar-refractivity contribution in [3.63, 3.8) is 0 Å². The van der Waals surface area contributed by atoms with Gasteiger partial charge in [0.25, 0.3) is 5.89 Å². The lowest BCUT2D eigenvalue weighted by molar-refractivity contribution is 0.324. The second kappa shape index (κ2) is 5.42. The molecule has 0 bridgehead atoms. The molecule has 1 aromatic carbocycles. The average molecular weight is 293 g/mol. The Bertz CT molecular complexity index is 656. The van der Waals surface area contributed by atoms with Gasteiger partial charge in [0.05, 0.1) is 5.56 Å². The molecule has 3 rings (SSSR count). The maximum Gasteiger partial charge on any atom is 0.260 e. The summed E-state index contributed by atoms with van der Waals surface area (Å²) in [5.74, 6) is -0.306. The number of halogens is 2. The fraction of sp³-hybridized carbons (Fsp3) is 0.467. The highest BCUT2D eigenvalue weighted by molar-refractivity contribution is 5.70. The lowest BCUT2D eigenvalue weighted by Crippen LogP contribution is -2.12. The third-order valence-electron chi connectivity index (χ3n) is 4.07. The van der Waals surface area contributed by atoms with Crippen LogP contribution in [0.25, 0.3) is 11.5 Å². The summed E-state index contributed by atoms with van der Waals surface area (Å²) < 4.78 is 31.6. The summed E-state index contributed by atoms with van der Waals surface area (Å²) in [5, 5.41) is 3.99. The first-order valence-corrected chi connectivity index (χ1v) is 7.13. The molecule has 2 aromatic rings. The first-order valence-electron chi connectivity index (χ1n) is 7.13. The van der Waals surface area contributed by atoms with Gasteiger partial charge in [-0.25, -0.2) is 8.78 Å². The van der Waals surface area contributed by atoms with Gasteiger partial charge in [-0.05, 0) is 24.8 Å². The quantitative estimate of drug-likeness (QED) is 0.853. The fourth-order valence-electron chi connectivity index (χ4n) is 2.93. The molecule has 6 heteroatoms. The Balaban J connectivity index is 1.90. The minimum Gasteiger partial charge on any atom is -0.398 e. The van der Waals surface area contributed by atoms with Gasteiger partial charge in [-0.1, -0.05) is 24.9 Å². The first-order chi connectivity index (χ1) is 10.0. The van der Waals surface area contributed by atoms with E-state index in [9.17, 15) is 8.78 Å². The number of aromatic nitrogens is 2. The van der Waals surface area contributed by atoms with Crippen LogP contribution >= 0.6 is 0 Å². The van der Waals surface area contributed by atoms with Crippen LogP contribution in [0.4, 0.5) is 14.5 Å². The minimum atomic E-state index is -0.989. The largest absolute Gasteiger partial charge is 0.398 e. The number of nitrogen functional groups attached to an aromatic ring is 1. The maximum atomic E-state index is 13.3. The van der Waals surface area contributed by atoms with Gasteiger partial charge < -0.3 is 10.3 Å². The molecule has 1 fully saturated rings. The van der Waals surface area contributed by atoms with E-state index >= 15 is 0 Å². The summed E-state index contributed by atoms with van der Waals surface area (Å²) in [6.45, 7) is 2.21. The molecular weight excluding hydrogens is 276 g/mol. The third-order valence-corrected chi connectivity index (χ3v) is 4.07. The van der Waals surface area contributed by atoms with Crippen LogP contribution in [0.2, 0.25) is 0 Å². The molecular formula is C15H17F2N3O. The molecule has 1 aromatic heterocycles. The Morgan fingerprint density at radius 1 is 1.24 bits per heavy atom. The topological polar surface area (TPSA) is 64.9 Å². The van der Waals surface area contributed by atoms with Gasteiger partial charge in [0.1, 0.15) is 0 Å². The summed E-state index contributed by atoms with van der Waals surface area (Å²) >= 11 is 0. The van der Waals surface area contributed by atoms with E-state index in [0.29, 0.717) is 11.7 Å². The summed E-state index contributed by atoms with van der Waals surface area (Å²) in [7, 11) is 0. The second-order valence-corrected chi connectivity index (χ2v) is 5.78. The van der Waals surface area contributed by atoms with E-state index in [-0.39, 0.29) is 23.1 Å². The van der Waals surface area contributed by atoms with Crippen molar-refractivity contribution in [3.8, 4) is 11.5 Å². The van der Waals surface area contributed by atoms with Crippen molar-refractivity contribution in [3.05, 3.63) is 29.6 Å². The predicted octanol–water partition coefficient (Wildman–Crippen LogP) is 3.89. The highest BCUT2D eigenvalue weighted by atomic mass is 19.2. The van der Waals surface area contributed by atoms with Gasteiger partial charge in [-0.15, -0.1) is 0 Å². The van der Waals surface area contributed by atoms with Gasteiger partial charge >= 0.3 is 0 Å². The first kappa shape index (κ1) is 14.0. The smallest absolute Gasteiger partial charge is 0.260 e. The fourth-order valence-corrected chi connectivity index (χ4v) is 2.93. The van der Waals surface area contributed by atoms with E-state index in [4.69, 9.17) is 10.3 Å². The number of anilines is 1. The molecule has 1 aliphatic rings. The number of nitrogens with two attached hydrogens (primary N) is 1. The van der Waals surface area contributed by atoms with E-state index in [2.05, 4.69) is 17.1 Å². The Morgan fingerprint density at radius 2 is 2.00 bits per heavy atom. The van der Waals surface area contributed by atoms with Gasteiger partial charge in [0.2, 0.25) is 0 Å². The summed E-state index contributed by atoms with van der Waals surface area (Å²) in [5.41, 5.74) is 6.01. The predicted molar refractivity (Wildman–Crippen MR) is 74.4 cm³/mol. The van der Waals surface area contributed by atoms with Crippen LogP contribution in [0.1, 0.15) is 44.3 Å².